The average Bonchev–Trinajstić information content (AvgIpc) is 2.55. The van der Waals surface area contributed by atoms with Crippen LogP contribution in [0, 0.1) is 12.3 Å². The number of carbonyl (C=O) groups excluding carboxylic acids is 1. The van der Waals surface area contributed by atoms with E-state index < -0.39 is 0 Å². The SMILES string of the molecule is C#CCOCCOC(=O)N1CCN(C2=NCCCS2)CC1. The largest absolute Gasteiger partial charge is 0.447 e. The fourth-order valence-corrected chi connectivity index (χ4v) is 3.13. The Kier molecular flexibility index (Phi) is 6.70. The molecular weight excluding hydrogens is 290 g/mol. The number of nitrogens with zero attached hydrogens (tertiary/aromatic N) is 3. The molecule has 0 aliphatic carbocycles. The van der Waals surface area contributed by atoms with Crippen LogP contribution < -0.4 is 0 Å². The van der Waals surface area contributed by atoms with Gasteiger partial charge in [0.2, 0.25) is 0 Å². The van der Waals surface area contributed by atoms with Crippen molar-refractivity contribution in [3.05, 3.63) is 0 Å². The van der Waals surface area contributed by atoms with Crippen molar-refractivity contribution >= 4 is 23.0 Å². The summed E-state index contributed by atoms with van der Waals surface area (Å²) < 4.78 is 10.2. The lowest BCUT2D eigenvalue weighted by Crippen LogP contribution is -2.50. The summed E-state index contributed by atoms with van der Waals surface area (Å²) in [5.41, 5.74) is 0. The van der Waals surface area contributed by atoms with Crippen molar-refractivity contribution < 1.29 is 14.3 Å². The monoisotopic (exact) mass is 311 g/mol. The third-order valence-electron chi connectivity index (χ3n) is 3.23. The summed E-state index contributed by atoms with van der Waals surface area (Å²) in [7, 11) is 0. The first-order valence-corrected chi connectivity index (χ1v) is 8.15. The van der Waals surface area contributed by atoms with Crippen LogP contribution >= 0.6 is 11.8 Å². The molecule has 2 rings (SSSR count). The van der Waals surface area contributed by atoms with Crippen molar-refractivity contribution in [3.8, 4) is 12.3 Å². The highest BCUT2D eigenvalue weighted by atomic mass is 32.2. The highest BCUT2D eigenvalue weighted by Crippen LogP contribution is 2.17. The molecule has 7 heteroatoms. The van der Waals surface area contributed by atoms with E-state index in [1.807, 2.05) is 11.8 Å². The summed E-state index contributed by atoms with van der Waals surface area (Å²) in [6.45, 7) is 4.71. The maximum absolute atomic E-state index is 11.9. The normalized spacial score (nSPS) is 18.9. The Bertz CT molecular complexity index is 414. The van der Waals surface area contributed by atoms with Crippen molar-refractivity contribution in [2.24, 2.45) is 4.99 Å². The molecule has 0 radical (unpaired) electrons. The van der Waals surface area contributed by atoms with E-state index in [0.29, 0.717) is 19.7 Å². The summed E-state index contributed by atoms with van der Waals surface area (Å²) >= 11 is 1.81. The molecule has 1 amide bonds. The van der Waals surface area contributed by atoms with Crippen molar-refractivity contribution in [1.82, 2.24) is 9.80 Å². The number of rotatable bonds is 4. The molecule has 2 heterocycles. The van der Waals surface area contributed by atoms with Gasteiger partial charge in [-0.2, -0.15) is 0 Å². The Balaban J connectivity index is 1.65. The van der Waals surface area contributed by atoms with Gasteiger partial charge in [-0.3, -0.25) is 4.99 Å². The molecule has 2 aliphatic heterocycles. The summed E-state index contributed by atoms with van der Waals surface area (Å²) in [6.07, 6.45) is 5.93. The second-order valence-corrected chi connectivity index (χ2v) is 5.77. The fraction of sp³-hybridized carbons (Fsp3) is 0.714. The number of terminal acetylenes is 1. The van der Waals surface area contributed by atoms with Crippen molar-refractivity contribution in [1.29, 1.82) is 0 Å². The van der Waals surface area contributed by atoms with Gasteiger partial charge in [0, 0.05) is 38.5 Å². The molecule has 1 saturated heterocycles. The molecule has 0 bridgehead atoms. The predicted octanol–water partition coefficient (Wildman–Crippen LogP) is 0.883. The first-order chi connectivity index (χ1) is 10.3. The van der Waals surface area contributed by atoms with Gasteiger partial charge in [0.1, 0.15) is 13.2 Å². The summed E-state index contributed by atoms with van der Waals surface area (Å²) in [4.78, 5) is 20.4. The average molecular weight is 311 g/mol. The Morgan fingerprint density at radius 1 is 1.33 bits per heavy atom. The molecule has 0 aromatic heterocycles. The number of amidine groups is 1. The number of aliphatic imine (C=N–C) groups is 1. The number of hydrogen-bond donors (Lipinski definition) is 0. The Labute approximate surface area is 129 Å². The molecule has 0 unspecified atom stereocenters. The van der Waals surface area contributed by atoms with E-state index in [0.717, 1.165) is 37.0 Å². The molecule has 0 saturated carbocycles. The Morgan fingerprint density at radius 2 is 2.14 bits per heavy atom. The van der Waals surface area contributed by atoms with Crippen LogP contribution in [0.2, 0.25) is 0 Å². The molecule has 6 nitrogen and oxygen atoms in total. The van der Waals surface area contributed by atoms with E-state index in [2.05, 4.69) is 15.8 Å². The predicted molar refractivity (Wildman–Crippen MR) is 83.5 cm³/mol. The highest BCUT2D eigenvalue weighted by Gasteiger charge is 2.24. The fourth-order valence-electron chi connectivity index (χ4n) is 2.13. The molecule has 1 fully saturated rings. The maximum atomic E-state index is 11.9. The minimum Gasteiger partial charge on any atom is -0.447 e. The molecule has 0 N–H and O–H groups in total. The minimum atomic E-state index is -0.280. The van der Waals surface area contributed by atoms with E-state index in [4.69, 9.17) is 15.9 Å². The van der Waals surface area contributed by atoms with Crippen LogP contribution in [0.25, 0.3) is 0 Å². The zero-order valence-electron chi connectivity index (χ0n) is 12.1. The van der Waals surface area contributed by atoms with Gasteiger partial charge in [0.15, 0.2) is 5.17 Å². The molecule has 2 aliphatic rings. The second-order valence-electron chi connectivity index (χ2n) is 4.71. The van der Waals surface area contributed by atoms with Gasteiger partial charge >= 0.3 is 6.09 Å². The van der Waals surface area contributed by atoms with Gasteiger partial charge in [-0.05, 0) is 6.42 Å². The highest BCUT2D eigenvalue weighted by molar-refractivity contribution is 8.13. The summed E-state index contributed by atoms with van der Waals surface area (Å²) in [6, 6.07) is 0. The lowest BCUT2D eigenvalue weighted by atomic mass is 10.3. The van der Waals surface area contributed by atoms with E-state index in [1.54, 1.807) is 4.90 Å². The number of thioether (sulfide) groups is 1. The number of ether oxygens (including phenoxy) is 2. The van der Waals surface area contributed by atoms with Crippen LogP contribution in [-0.2, 0) is 9.47 Å². The zero-order valence-corrected chi connectivity index (χ0v) is 12.9. The Hall–Kier alpha value is -1.39. The zero-order chi connectivity index (χ0) is 14.9. The molecule has 0 aromatic rings. The molecule has 0 atom stereocenters. The number of amides is 1. The van der Waals surface area contributed by atoms with E-state index in [-0.39, 0.29) is 19.3 Å². The molecule has 0 spiro atoms. The van der Waals surface area contributed by atoms with Gasteiger partial charge in [-0.15, -0.1) is 6.42 Å². The van der Waals surface area contributed by atoms with Gasteiger partial charge in [-0.25, -0.2) is 4.79 Å². The number of carbonyl (C=O) groups is 1. The van der Waals surface area contributed by atoms with Crippen LogP contribution in [-0.4, -0.2) is 79.4 Å². The van der Waals surface area contributed by atoms with Crippen LogP contribution in [0.5, 0.6) is 0 Å². The van der Waals surface area contributed by atoms with Gasteiger partial charge < -0.3 is 19.3 Å². The quantitative estimate of drug-likeness (QED) is 0.570. The van der Waals surface area contributed by atoms with Crippen LogP contribution in [0.1, 0.15) is 6.42 Å². The van der Waals surface area contributed by atoms with Crippen molar-refractivity contribution in [2.75, 3.05) is 58.3 Å². The summed E-state index contributed by atoms with van der Waals surface area (Å²) in [5.74, 6) is 3.50. The first kappa shape index (κ1) is 16.0. The van der Waals surface area contributed by atoms with E-state index >= 15 is 0 Å². The maximum Gasteiger partial charge on any atom is 0.409 e. The molecular formula is C14H21N3O3S. The topological polar surface area (TPSA) is 54.4 Å². The van der Waals surface area contributed by atoms with Crippen LogP contribution in [0.4, 0.5) is 4.79 Å². The number of piperazine rings is 1. The van der Waals surface area contributed by atoms with Gasteiger partial charge in [0.05, 0.1) is 6.61 Å². The summed E-state index contributed by atoms with van der Waals surface area (Å²) in [5, 5.41) is 1.12. The van der Waals surface area contributed by atoms with E-state index in [9.17, 15) is 4.79 Å². The molecule has 0 aromatic carbocycles. The van der Waals surface area contributed by atoms with Gasteiger partial charge in [0.25, 0.3) is 0 Å². The second kappa shape index (κ2) is 8.80. The lowest BCUT2D eigenvalue weighted by molar-refractivity contribution is 0.0573. The standard InChI is InChI=1S/C14H21N3O3S/c1-2-9-19-10-11-20-14(18)17-7-5-16(6-8-17)13-15-4-3-12-21-13/h1H,3-12H2. The lowest BCUT2D eigenvalue weighted by Gasteiger charge is -2.36. The Morgan fingerprint density at radius 3 is 2.81 bits per heavy atom. The van der Waals surface area contributed by atoms with Crippen LogP contribution in [0.3, 0.4) is 0 Å². The van der Waals surface area contributed by atoms with Gasteiger partial charge in [-0.1, -0.05) is 17.7 Å². The molecule has 21 heavy (non-hydrogen) atoms. The third-order valence-corrected chi connectivity index (χ3v) is 4.37. The molecule has 116 valence electrons. The van der Waals surface area contributed by atoms with Crippen molar-refractivity contribution in [3.63, 3.8) is 0 Å². The number of hydrogen-bond acceptors (Lipinski definition) is 6. The first-order valence-electron chi connectivity index (χ1n) is 7.16. The van der Waals surface area contributed by atoms with Crippen molar-refractivity contribution in [2.45, 2.75) is 6.42 Å². The smallest absolute Gasteiger partial charge is 0.409 e. The van der Waals surface area contributed by atoms with E-state index in [1.165, 1.54) is 0 Å². The third kappa shape index (κ3) is 5.14. The van der Waals surface area contributed by atoms with Crippen LogP contribution in [0.15, 0.2) is 4.99 Å². The minimum absolute atomic E-state index is 0.239.